The molecule has 0 unspecified atom stereocenters. The van der Waals surface area contributed by atoms with Crippen molar-refractivity contribution in [3.63, 3.8) is 0 Å². The first-order valence-corrected chi connectivity index (χ1v) is 3.39. The number of hydrogen-bond acceptors (Lipinski definition) is 1. The Morgan fingerprint density at radius 2 is 1.50 bits per heavy atom. The molecule has 0 saturated heterocycles. The number of hydrogen-bond donors (Lipinski definition) is 1. The van der Waals surface area contributed by atoms with E-state index in [0.29, 0.717) is 0 Å². The third-order valence-corrected chi connectivity index (χ3v) is 0.175. The maximum atomic E-state index is 9.83. The van der Waals surface area contributed by atoms with Crippen molar-refractivity contribution in [2.45, 2.75) is 0 Å². The number of rotatable bonds is 1. The molecular formula is C3H4F4O2Si. The monoisotopic (exact) mass is 176 g/mol. The highest BCUT2D eigenvalue weighted by atomic mass is 28.5. The van der Waals surface area contributed by atoms with E-state index in [1.54, 1.807) is 0 Å². The van der Waals surface area contributed by atoms with Gasteiger partial charge in [0.05, 0.1) is 0 Å². The molecule has 10 heavy (non-hydrogen) atoms. The van der Waals surface area contributed by atoms with Crippen LogP contribution in [0.1, 0.15) is 0 Å². The third-order valence-electron chi connectivity index (χ3n) is 0.175. The Labute approximate surface area is 55.5 Å². The number of halogens is 4. The summed E-state index contributed by atoms with van der Waals surface area (Å²) < 4.78 is 39.3. The predicted octanol–water partition coefficient (Wildman–Crippen LogP) is 1.56. The lowest BCUT2D eigenvalue weighted by atomic mass is 10.7. The van der Waals surface area contributed by atoms with Crippen LogP contribution in [0.4, 0.5) is 16.4 Å². The molecule has 0 spiro atoms. The van der Waals surface area contributed by atoms with Crippen LogP contribution in [0.5, 0.6) is 0 Å². The van der Waals surface area contributed by atoms with Gasteiger partial charge in [0.25, 0.3) is 0 Å². The molecule has 0 aromatic carbocycles. The van der Waals surface area contributed by atoms with Gasteiger partial charge >= 0.3 is 15.4 Å². The molecule has 0 aromatic heterocycles. The maximum Gasteiger partial charge on any atom is 0.844 e. The molecule has 2 nitrogen and oxygen atoms in total. The molecule has 0 amide bonds. The summed E-state index contributed by atoms with van der Waals surface area (Å²) >= 11 is 0. The lowest BCUT2D eigenvalue weighted by Crippen LogP contribution is -2.02. The number of aliphatic carboxylic acids is 1. The minimum absolute atomic E-state index is 0.833. The first-order chi connectivity index (χ1) is 4.27. The van der Waals surface area contributed by atoms with Crippen LogP contribution in [0.2, 0.25) is 0 Å². The summed E-state index contributed by atoms with van der Waals surface area (Å²) in [6.07, 6.45) is 0.833. The second kappa shape index (κ2) is 4.97. The van der Waals surface area contributed by atoms with Crippen molar-refractivity contribution in [2.24, 2.45) is 0 Å². The Morgan fingerprint density at radius 3 is 1.50 bits per heavy atom. The van der Waals surface area contributed by atoms with Crippen molar-refractivity contribution >= 4 is 15.4 Å². The highest BCUT2D eigenvalue weighted by molar-refractivity contribution is 6.50. The van der Waals surface area contributed by atoms with Crippen molar-refractivity contribution in [3.8, 4) is 0 Å². The third kappa shape index (κ3) is 205. The molecule has 0 rings (SSSR count). The van der Waals surface area contributed by atoms with Gasteiger partial charge in [-0.2, -0.15) is 0 Å². The smallest absolute Gasteiger partial charge is 0.478 e. The molecular weight excluding hydrogens is 172 g/mol. The SMILES string of the molecule is C=CC(=O)O.F[Si](F)(F)F. The molecule has 0 aliphatic heterocycles. The average molecular weight is 176 g/mol. The van der Waals surface area contributed by atoms with E-state index >= 15 is 0 Å². The van der Waals surface area contributed by atoms with E-state index in [-0.39, 0.29) is 0 Å². The van der Waals surface area contributed by atoms with Crippen LogP contribution in [0.3, 0.4) is 0 Å². The predicted molar refractivity (Wildman–Crippen MR) is 28.0 cm³/mol. The molecule has 0 aliphatic carbocycles. The molecule has 7 heteroatoms. The quantitative estimate of drug-likeness (QED) is 0.285. The van der Waals surface area contributed by atoms with Gasteiger partial charge in [0, 0.05) is 6.08 Å². The minimum Gasteiger partial charge on any atom is -0.478 e. The van der Waals surface area contributed by atoms with E-state index in [1.165, 1.54) is 0 Å². The van der Waals surface area contributed by atoms with Crippen LogP contribution >= 0.6 is 0 Å². The van der Waals surface area contributed by atoms with Gasteiger partial charge in [-0.1, -0.05) is 6.58 Å². The molecule has 0 radical (unpaired) electrons. The maximum absolute atomic E-state index is 9.83. The van der Waals surface area contributed by atoms with Crippen LogP contribution in [0, 0.1) is 0 Å². The van der Waals surface area contributed by atoms with Crippen LogP contribution < -0.4 is 0 Å². The summed E-state index contributed by atoms with van der Waals surface area (Å²) in [5.74, 6) is -0.981. The fourth-order valence-electron chi connectivity index (χ4n) is 0. The van der Waals surface area contributed by atoms with E-state index in [0.717, 1.165) is 6.08 Å². The summed E-state index contributed by atoms with van der Waals surface area (Å²) in [4.78, 5) is 9.25. The summed E-state index contributed by atoms with van der Waals surface area (Å²) in [6.45, 7) is 2.96. The average Bonchev–Trinajstić information content (AvgIpc) is 1.61. The van der Waals surface area contributed by atoms with Gasteiger partial charge in [-0.05, 0) is 0 Å². The molecule has 0 bridgehead atoms. The van der Waals surface area contributed by atoms with E-state index in [2.05, 4.69) is 6.58 Å². The normalized spacial score (nSPS) is 9.20. The van der Waals surface area contributed by atoms with Crippen molar-refractivity contribution in [1.82, 2.24) is 0 Å². The number of carboxylic acids is 1. The molecule has 0 saturated carbocycles. The van der Waals surface area contributed by atoms with Crippen molar-refractivity contribution in [1.29, 1.82) is 0 Å². The van der Waals surface area contributed by atoms with Gasteiger partial charge in [-0.3, -0.25) is 0 Å². The summed E-state index contributed by atoms with van der Waals surface area (Å²) in [6, 6.07) is 0. The van der Waals surface area contributed by atoms with Crippen LogP contribution in [-0.4, -0.2) is 20.5 Å². The topological polar surface area (TPSA) is 37.3 Å². The Bertz CT molecular complexity index is 114. The summed E-state index contributed by atoms with van der Waals surface area (Å²) in [7, 11) is -6.61. The lowest BCUT2D eigenvalue weighted by molar-refractivity contribution is -0.131. The molecule has 0 fully saturated rings. The second-order valence-electron chi connectivity index (χ2n) is 0.971. The van der Waals surface area contributed by atoms with Crippen molar-refractivity contribution in [3.05, 3.63) is 12.7 Å². The largest absolute Gasteiger partial charge is 0.844 e. The summed E-state index contributed by atoms with van der Waals surface area (Å²) in [5, 5.41) is 7.60. The van der Waals surface area contributed by atoms with Crippen LogP contribution in [0.15, 0.2) is 12.7 Å². The molecule has 0 heterocycles. The zero-order chi connectivity index (χ0) is 8.78. The van der Waals surface area contributed by atoms with Gasteiger partial charge < -0.3 is 5.11 Å². The van der Waals surface area contributed by atoms with Gasteiger partial charge in [0.1, 0.15) is 0 Å². The van der Waals surface area contributed by atoms with E-state index < -0.39 is 15.4 Å². The Balaban J connectivity index is 0. The van der Waals surface area contributed by atoms with Crippen LogP contribution in [-0.2, 0) is 4.79 Å². The Morgan fingerprint density at radius 1 is 1.40 bits per heavy atom. The fourth-order valence-corrected chi connectivity index (χ4v) is 0. The highest BCUT2D eigenvalue weighted by Crippen LogP contribution is 2.06. The van der Waals surface area contributed by atoms with Gasteiger partial charge in [-0.15, -0.1) is 0 Å². The zero-order valence-corrected chi connectivity index (χ0v) is 5.65. The van der Waals surface area contributed by atoms with Gasteiger partial charge in [0.2, 0.25) is 0 Å². The number of carbonyl (C=O) groups is 1. The molecule has 0 aromatic rings. The number of carboxylic acid groups (broad SMARTS) is 1. The molecule has 60 valence electrons. The molecule has 0 aliphatic rings. The van der Waals surface area contributed by atoms with Crippen LogP contribution in [0.25, 0.3) is 0 Å². The highest BCUT2D eigenvalue weighted by Gasteiger charge is 2.39. The molecule has 0 atom stereocenters. The second-order valence-corrected chi connectivity index (χ2v) is 1.83. The van der Waals surface area contributed by atoms with Crippen molar-refractivity contribution < 1.29 is 26.3 Å². The zero-order valence-electron chi connectivity index (χ0n) is 4.65. The fraction of sp³-hybridized carbons (Fsp3) is 0. The lowest BCUT2D eigenvalue weighted by Gasteiger charge is -1.75. The van der Waals surface area contributed by atoms with E-state index in [4.69, 9.17) is 5.11 Å². The molecule has 1 N–H and O–H groups in total. The Hall–Kier alpha value is -0.853. The van der Waals surface area contributed by atoms with E-state index in [1.807, 2.05) is 0 Å². The van der Waals surface area contributed by atoms with Gasteiger partial charge in [-0.25, -0.2) is 21.2 Å². The van der Waals surface area contributed by atoms with Gasteiger partial charge in [0.15, 0.2) is 0 Å². The summed E-state index contributed by atoms with van der Waals surface area (Å²) in [5.41, 5.74) is 0. The van der Waals surface area contributed by atoms with E-state index in [9.17, 15) is 21.2 Å². The first-order valence-electron chi connectivity index (χ1n) is 1.88. The standard InChI is InChI=1S/C3H4O2.F4Si/c1-2-3(4)5;1-5(2,3)4/h2H,1H2,(H,4,5);. The Kier molecular flexibility index (Phi) is 5.91. The minimum atomic E-state index is -6.61. The first kappa shape index (κ1) is 11.9. The van der Waals surface area contributed by atoms with Crippen molar-refractivity contribution in [2.75, 3.05) is 0 Å².